The van der Waals surface area contributed by atoms with E-state index < -0.39 is 0 Å². The number of carbonyl (C=O) groups excluding carboxylic acids is 2. The topological polar surface area (TPSA) is 82.0 Å². The van der Waals surface area contributed by atoms with Crippen molar-refractivity contribution in [3.8, 4) is 6.07 Å². The number of nitriles is 1. The maximum Gasteiger partial charge on any atom is 0.251 e. The van der Waals surface area contributed by atoms with Gasteiger partial charge in [0.25, 0.3) is 5.91 Å². The van der Waals surface area contributed by atoms with Crippen LogP contribution in [0.1, 0.15) is 61.4 Å². The molecule has 0 radical (unpaired) electrons. The highest BCUT2D eigenvalue weighted by molar-refractivity contribution is 5.95. The Labute approximate surface area is 155 Å². The Morgan fingerprint density at radius 2 is 1.85 bits per heavy atom. The van der Waals surface area contributed by atoms with E-state index >= 15 is 0 Å². The van der Waals surface area contributed by atoms with Gasteiger partial charge in [0.2, 0.25) is 5.91 Å². The average molecular weight is 353 g/mol. The highest BCUT2D eigenvalue weighted by Gasteiger charge is 2.37. The molecule has 5 nitrogen and oxygen atoms in total. The normalized spacial score (nSPS) is 23.5. The monoisotopic (exact) mass is 353 g/mol. The van der Waals surface area contributed by atoms with Crippen molar-refractivity contribution in [1.29, 1.82) is 5.26 Å². The lowest BCUT2D eigenvalue weighted by Gasteiger charge is -2.32. The first kappa shape index (κ1) is 18.4. The number of nitrogens with zero attached hydrogens (tertiary/aromatic N) is 1. The van der Waals surface area contributed by atoms with Gasteiger partial charge in [-0.3, -0.25) is 9.59 Å². The molecule has 1 aromatic carbocycles. The predicted molar refractivity (Wildman–Crippen MR) is 99.3 cm³/mol. The quantitative estimate of drug-likeness (QED) is 0.825. The lowest BCUT2D eigenvalue weighted by atomic mass is 9.83. The molecule has 1 unspecified atom stereocenters. The SMILES string of the molecule is CCc1ccc(C(=O)N[C@@H]2CCCC[C@H]2C(=O)NC(C#N)C2CC2)cc1. The van der Waals surface area contributed by atoms with Crippen molar-refractivity contribution in [2.75, 3.05) is 0 Å². The highest BCUT2D eigenvalue weighted by Crippen LogP contribution is 2.33. The summed E-state index contributed by atoms with van der Waals surface area (Å²) in [5.41, 5.74) is 1.82. The van der Waals surface area contributed by atoms with Gasteiger partial charge in [-0.25, -0.2) is 0 Å². The molecule has 2 aliphatic rings. The number of benzene rings is 1. The van der Waals surface area contributed by atoms with Crippen molar-refractivity contribution in [3.63, 3.8) is 0 Å². The Morgan fingerprint density at radius 1 is 1.15 bits per heavy atom. The molecule has 26 heavy (non-hydrogen) atoms. The van der Waals surface area contributed by atoms with Crippen molar-refractivity contribution in [1.82, 2.24) is 10.6 Å². The molecule has 0 bridgehead atoms. The van der Waals surface area contributed by atoms with Crippen molar-refractivity contribution < 1.29 is 9.59 Å². The summed E-state index contributed by atoms with van der Waals surface area (Å²) in [6.45, 7) is 2.08. The van der Waals surface area contributed by atoms with Crippen LogP contribution in [-0.4, -0.2) is 23.9 Å². The summed E-state index contributed by atoms with van der Waals surface area (Å²) in [5.74, 6) is -0.166. The van der Waals surface area contributed by atoms with E-state index in [1.165, 1.54) is 5.56 Å². The molecule has 3 atom stereocenters. The molecule has 0 heterocycles. The van der Waals surface area contributed by atoms with E-state index in [4.69, 9.17) is 0 Å². The molecule has 0 aliphatic heterocycles. The second-order valence-corrected chi connectivity index (χ2v) is 7.47. The smallest absolute Gasteiger partial charge is 0.251 e. The minimum Gasteiger partial charge on any atom is -0.349 e. The van der Waals surface area contributed by atoms with Crippen molar-refractivity contribution in [2.24, 2.45) is 11.8 Å². The van der Waals surface area contributed by atoms with Crippen LogP contribution in [0.5, 0.6) is 0 Å². The Morgan fingerprint density at radius 3 is 2.46 bits per heavy atom. The zero-order chi connectivity index (χ0) is 18.5. The number of amides is 2. The predicted octanol–water partition coefficient (Wildman–Crippen LogP) is 2.96. The molecular weight excluding hydrogens is 326 g/mol. The van der Waals surface area contributed by atoms with Gasteiger partial charge in [-0.1, -0.05) is 31.9 Å². The molecule has 138 valence electrons. The molecule has 2 saturated carbocycles. The standard InChI is InChI=1S/C21H27N3O2/c1-2-14-7-9-16(10-8-14)20(25)23-18-6-4-3-5-17(18)21(26)24-19(13-22)15-11-12-15/h7-10,15,17-19H,2-6,11-12H2,1H3,(H,23,25)(H,24,26)/t17-,18-,19?/m1/s1. The van der Waals surface area contributed by atoms with Gasteiger partial charge in [-0.15, -0.1) is 0 Å². The fraction of sp³-hybridized carbons (Fsp3) is 0.571. The summed E-state index contributed by atoms with van der Waals surface area (Å²) in [7, 11) is 0. The second kappa shape index (κ2) is 8.35. The second-order valence-electron chi connectivity index (χ2n) is 7.47. The summed E-state index contributed by atoms with van der Waals surface area (Å²) in [4.78, 5) is 25.3. The van der Waals surface area contributed by atoms with Gasteiger partial charge < -0.3 is 10.6 Å². The summed E-state index contributed by atoms with van der Waals surface area (Å²) >= 11 is 0. The number of rotatable bonds is 6. The van der Waals surface area contributed by atoms with Gasteiger partial charge in [0.05, 0.1) is 12.0 Å². The van der Waals surface area contributed by atoms with Crippen molar-refractivity contribution in [2.45, 2.75) is 64.0 Å². The van der Waals surface area contributed by atoms with Crippen LogP contribution in [0, 0.1) is 23.2 Å². The van der Waals surface area contributed by atoms with Crippen LogP contribution in [0.2, 0.25) is 0 Å². The molecule has 3 rings (SSSR count). The number of nitrogens with one attached hydrogen (secondary N) is 2. The Bertz CT molecular complexity index is 688. The number of aryl methyl sites for hydroxylation is 1. The molecule has 5 heteroatoms. The van der Waals surface area contributed by atoms with E-state index in [1.54, 1.807) is 0 Å². The third kappa shape index (κ3) is 4.43. The van der Waals surface area contributed by atoms with Crippen LogP contribution in [0.3, 0.4) is 0 Å². The van der Waals surface area contributed by atoms with Gasteiger partial charge in [0.1, 0.15) is 6.04 Å². The van der Waals surface area contributed by atoms with Crippen LogP contribution in [0.15, 0.2) is 24.3 Å². The fourth-order valence-corrected chi connectivity index (χ4v) is 3.71. The van der Waals surface area contributed by atoms with Crippen LogP contribution in [0.4, 0.5) is 0 Å². The van der Waals surface area contributed by atoms with Crippen molar-refractivity contribution in [3.05, 3.63) is 35.4 Å². The first-order valence-corrected chi connectivity index (χ1v) is 9.72. The number of hydrogen-bond donors (Lipinski definition) is 2. The zero-order valence-corrected chi connectivity index (χ0v) is 15.3. The zero-order valence-electron chi connectivity index (χ0n) is 15.3. The number of carbonyl (C=O) groups is 2. The summed E-state index contributed by atoms with van der Waals surface area (Å²) in [6, 6.07) is 9.26. The van der Waals surface area contributed by atoms with Gasteiger partial charge in [-0.2, -0.15) is 5.26 Å². The Hall–Kier alpha value is -2.35. The van der Waals surface area contributed by atoms with Crippen LogP contribution < -0.4 is 10.6 Å². The molecule has 2 amide bonds. The van der Waals surface area contributed by atoms with E-state index in [2.05, 4.69) is 23.6 Å². The molecule has 0 spiro atoms. The average Bonchev–Trinajstić information content (AvgIpc) is 3.51. The molecule has 2 N–H and O–H groups in total. The largest absolute Gasteiger partial charge is 0.349 e. The maximum atomic E-state index is 12.7. The van der Waals surface area contributed by atoms with Gasteiger partial charge in [0.15, 0.2) is 0 Å². The van der Waals surface area contributed by atoms with E-state index in [9.17, 15) is 14.9 Å². The molecule has 1 aromatic rings. The minimum absolute atomic E-state index is 0.0882. The minimum atomic E-state index is -0.387. The van der Waals surface area contributed by atoms with Crippen LogP contribution in [0.25, 0.3) is 0 Å². The highest BCUT2D eigenvalue weighted by atomic mass is 16.2. The maximum absolute atomic E-state index is 12.7. The number of hydrogen-bond acceptors (Lipinski definition) is 3. The van der Waals surface area contributed by atoms with E-state index in [1.807, 2.05) is 24.3 Å². The first-order valence-electron chi connectivity index (χ1n) is 9.72. The summed E-state index contributed by atoms with van der Waals surface area (Å²) < 4.78 is 0. The van der Waals surface area contributed by atoms with Crippen LogP contribution >= 0.6 is 0 Å². The first-order chi connectivity index (χ1) is 12.6. The third-order valence-corrected chi connectivity index (χ3v) is 5.57. The molecule has 2 aliphatic carbocycles. The summed E-state index contributed by atoms with van der Waals surface area (Å²) in [5, 5.41) is 15.2. The Balaban J connectivity index is 1.63. The molecule has 0 aromatic heterocycles. The third-order valence-electron chi connectivity index (χ3n) is 5.57. The van der Waals surface area contributed by atoms with Gasteiger partial charge in [-0.05, 0) is 55.7 Å². The lowest BCUT2D eigenvalue weighted by Crippen LogP contribution is -2.50. The lowest BCUT2D eigenvalue weighted by molar-refractivity contribution is -0.127. The fourth-order valence-electron chi connectivity index (χ4n) is 3.71. The van der Waals surface area contributed by atoms with Crippen LogP contribution in [-0.2, 0) is 11.2 Å². The molecule has 2 fully saturated rings. The van der Waals surface area contributed by atoms with E-state index in [0.717, 1.165) is 44.9 Å². The van der Waals surface area contributed by atoms with Gasteiger partial charge in [0, 0.05) is 11.6 Å². The van der Waals surface area contributed by atoms with E-state index in [0.29, 0.717) is 11.5 Å². The van der Waals surface area contributed by atoms with Crippen molar-refractivity contribution >= 4 is 11.8 Å². The van der Waals surface area contributed by atoms with E-state index in [-0.39, 0.29) is 29.8 Å². The van der Waals surface area contributed by atoms with Gasteiger partial charge >= 0.3 is 0 Å². The summed E-state index contributed by atoms with van der Waals surface area (Å²) in [6.07, 6.45) is 6.51. The Kier molecular flexibility index (Phi) is 5.92. The molecule has 0 saturated heterocycles. The molecular formula is C21H27N3O2.